The number of primary amides is 1. The number of hydrogen-bond donors (Lipinski definition) is 1. The Labute approximate surface area is 157 Å². The van der Waals surface area contributed by atoms with E-state index in [4.69, 9.17) is 10.5 Å². The summed E-state index contributed by atoms with van der Waals surface area (Å²) in [6.07, 6.45) is 1.68. The van der Waals surface area contributed by atoms with Gasteiger partial charge in [0.15, 0.2) is 0 Å². The number of benzene rings is 2. The lowest BCUT2D eigenvalue weighted by Crippen LogP contribution is -2.28. The molecule has 2 N–H and O–H groups in total. The Morgan fingerprint density at radius 3 is 2.37 bits per heavy atom. The summed E-state index contributed by atoms with van der Waals surface area (Å²) in [5, 5.41) is 0. The zero-order valence-electron chi connectivity index (χ0n) is 14.6. The maximum atomic E-state index is 12.6. The van der Waals surface area contributed by atoms with Crippen LogP contribution in [0.1, 0.15) is 39.1 Å². The van der Waals surface area contributed by atoms with Gasteiger partial charge in [0.25, 0.3) is 0 Å². The van der Waals surface area contributed by atoms with Crippen LogP contribution in [0.15, 0.2) is 53.4 Å². The fraction of sp³-hybridized carbons (Fsp3) is 0.263. The molecule has 3 rings (SSSR count). The van der Waals surface area contributed by atoms with Gasteiger partial charge in [-0.25, -0.2) is 13.2 Å². The Kier molecular flexibility index (Phi) is 5.57. The van der Waals surface area contributed by atoms with Gasteiger partial charge >= 0.3 is 5.97 Å². The third-order valence-electron chi connectivity index (χ3n) is 4.35. The first kappa shape index (κ1) is 19.1. The highest BCUT2D eigenvalue weighted by atomic mass is 32.2. The topological polar surface area (TPSA) is 107 Å². The quantitative estimate of drug-likeness (QED) is 0.761. The van der Waals surface area contributed by atoms with Crippen molar-refractivity contribution in [1.82, 2.24) is 4.31 Å². The van der Waals surface area contributed by atoms with Crippen LogP contribution in [0, 0.1) is 0 Å². The minimum Gasteiger partial charge on any atom is -0.457 e. The summed E-state index contributed by atoms with van der Waals surface area (Å²) in [6, 6.07) is 12.3. The first-order valence-electron chi connectivity index (χ1n) is 8.54. The summed E-state index contributed by atoms with van der Waals surface area (Å²) in [5.41, 5.74) is 6.32. The molecule has 0 aliphatic carbocycles. The van der Waals surface area contributed by atoms with E-state index < -0.39 is 21.9 Å². The third-order valence-corrected chi connectivity index (χ3v) is 6.25. The van der Waals surface area contributed by atoms with Gasteiger partial charge in [-0.1, -0.05) is 18.2 Å². The van der Waals surface area contributed by atoms with E-state index in [9.17, 15) is 18.0 Å². The molecule has 7 nitrogen and oxygen atoms in total. The Hall–Kier alpha value is -2.71. The number of sulfonamides is 1. The van der Waals surface area contributed by atoms with Crippen LogP contribution in [0.25, 0.3) is 0 Å². The molecule has 2 aromatic carbocycles. The van der Waals surface area contributed by atoms with Crippen molar-refractivity contribution >= 4 is 21.9 Å². The second kappa shape index (κ2) is 7.89. The van der Waals surface area contributed by atoms with E-state index in [0.29, 0.717) is 24.2 Å². The summed E-state index contributed by atoms with van der Waals surface area (Å²) >= 11 is 0. The maximum absolute atomic E-state index is 12.6. The molecule has 142 valence electrons. The predicted octanol–water partition coefficient (Wildman–Crippen LogP) is 1.93. The van der Waals surface area contributed by atoms with Crippen molar-refractivity contribution in [2.45, 2.75) is 24.3 Å². The van der Waals surface area contributed by atoms with Crippen molar-refractivity contribution < 1.29 is 22.7 Å². The van der Waals surface area contributed by atoms with Crippen LogP contribution in [-0.4, -0.2) is 37.7 Å². The number of ether oxygens (including phenoxy) is 1. The van der Waals surface area contributed by atoms with E-state index in [0.717, 1.165) is 12.8 Å². The van der Waals surface area contributed by atoms with Crippen LogP contribution in [0.4, 0.5) is 0 Å². The van der Waals surface area contributed by atoms with Gasteiger partial charge in [0.05, 0.1) is 10.5 Å². The summed E-state index contributed by atoms with van der Waals surface area (Å²) in [5.74, 6) is -1.21. The minimum atomic E-state index is -3.60. The molecule has 8 heteroatoms. The molecule has 0 radical (unpaired) electrons. The minimum absolute atomic E-state index is 0.0525. The van der Waals surface area contributed by atoms with Crippen LogP contribution in [0.5, 0.6) is 0 Å². The van der Waals surface area contributed by atoms with Gasteiger partial charge in [-0.15, -0.1) is 0 Å². The average molecular weight is 388 g/mol. The maximum Gasteiger partial charge on any atom is 0.338 e. The highest BCUT2D eigenvalue weighted by Gasteiger charge is 2.27. The number of carbonyl (C=O) groups excluding carboxylic acids is 2. The van der Waals surface area contributed by atoms with E-state index in [-0.39, 0.29) is 17.1 Å². The molecular weight excluding hydrogens is 368 g/mol. The number of carbonyl (C=O) groups is 2. The Morgan fingerprint density at radius 2 is 1.67 bits per heavy atom. The molecule has 2 aromatic rings. The molecule has 1 amide bonds. The Morgan fingerprint density at radius 1 is 1.00 bits per heavy atom. The average Bonchev–Trinajstić information content (AvgIpc) is 3.22. The lowest BCUT2D eigenvalue weighted by molar-refractivity contribution is 0.0472. The summed E-state index contributed by atoms with van der Waals surface area (Å²) < 4.78 is 31.9. The van der Waals surface area contributed by atoms with Crippen molar-refractivity contribution in [1.29, 1.82) is 0 Å². The van der Waals surface area contributed by atoms with Crippen LogP contribution < -0.4 is 5.73 Å². The van der Waals surface area contributed by atoms with Gasteiger partial charge in [-0.3, -0.25) is 4.79 Å². The first-order chi connectivity index (χ1) is 12.9. The van der Waals surface area contributed by atoms with Gasteiger partial charge < -0.3 is 10.5 Å². The summed E-state index contributed by atoms with van der Waals surface area (Å²) in [7, 11) is -3.60. The van der Waals surface area contributed by atoms with Crippen molar-refractivity contribution in [3.8, 4) is 0 Å². The molecule has 0 spiro atoms. The summed E-state index contributed by atoms with van der Waals surface area (Å²) in [4.78, 5) is 23.6. The second-order valence-corrected chi connectivity index (χ2v) is 8.22. The smallest absolute Gasteiger partial charge is 0.338 e. The number of amides is 1. The molecule has 0 bridgehead atoms. The molecule has 0 aromatic heterocycles. The highest BCUT2D eigenvalue weighted by molar-refractivity contribution is 7.89. The predicted molar refractivity (Wildman–Crippen MR) is 98.5 cm³/mol. The first-order valence-corrected chi connectivity index (χ1v) is 9.98. The van der Waals surface area contributed by atoms with Gasteiger partial charge in [-0.2, -0.15) is 4.31 Å². The molecule has 1 heterocycles. The Balaban J connectivity index is 1.72. The molecule has 1 saturated heterocycles. The van der Waals surface area contributed by atoms with Gasteiger partial charge in [-0.05, 0) is 48.7 Å². The zero-order valence-corrected chi connectivity index (χ0v) is 15.4. The van der Waals surface area contributed by atoms with Crippen molar-refractivity contribution in [2.24, 2.45) is 5.73 Å². The highest BCUT2D eigenvalue weighted by Crippen LogP contribution is 2.22. The molecule has 0 atom stereocenters. The van der Waals surface area contributed by atoms with Crippen molar-refractivity contribution in [3.63, 3.8) is 0 Å². The van der Waals surface area contributed by atoms with Gasteiger partial charge in [0, 0.05) is 18.7 Å². The monoisotopic (exact) mass is 388 g/mol. The largest absolute Gasteiger partial charge is 0.457 e. The summed E-state index contributed by atoms with van der Waals surface area (Å²) in [6.45, 7) is 0.934. The van der Waals surface area contributed by atoms with Crippen LogP contribution in [0.3, 0.4) is 0 Å². The molecule has 0 saturated carbocycles. The fourth-order valence-corrected chi connectivity index (χ4v) is 4.47. The standard InChI is InChI=1S/C19H20N2O5S/c20-18(22)15-6-3-5-14(11-15)13-26-19(23)16-7-4-8-17(12-16)27(24,25)21-9-1-2-10-21/h3-8,11-12H,1-2,9-10,13H2,(H2,20,22). The van der Waals surface area contributed by atoms with Crippen molar-refractivity contribution in [2.75, 3.05) is 13.1 Å². The molecule has 1 aliphatic rings. The molecule has 0 unspecified atom stereocenters. The van der Waals surface area contributed by atoms with E-state index in [1.54, 1.807) is 24.3 Å². The van der Waals surface area contributed by atoms with E-state index in [1.165, 1.54) is 28.6 Å². The van der Waals surface area contributed by atoms with Crippen molar-refractivity contribution in [3.05, 3.63) is 65.2 Å². The third kappa shape index (κ3) is 4.35. The Bertz CT molecular complexity index is 966. The number of nitrogens with two attached hydrogens (primary N) is 1. The lowest BCUT2D eigenvalue weighted by atomic mass is 10.1. The van der Waals surface area contributed by atoms with Crippen LogP contribution >= 0.6 is 0 Å². The fourth-order valence-electron chi connectivity index (χ4n) is 2.91. The normalized spacial score (nSPS) is 14.8. The lowest BCUT2D eigenvalue weighted by Gasteiger charge is -2.15. The molecular formula is C19H20N2O5S. The number of nitrogens with zero attached hydrogens (tertiary/aromatic N) is 1. The SMILES string of the molecule is NC(=O)c1cccc(COC(=O)c2cccc(S(=O)(=O)N3CCCC3)c2)c1. The zero-order chi connectivity index (χ0) is 19.4. The molecule has 1 fully saturated rings. The number of hydrogen-bond acceptors (Lipinski definition) is 5. The molecule has 1 aliphatic heterocycles. The number of esters is 1. The second-order valence-electron chi connectivity index (χ2n) is 6.28. The van der Waals surface area contributed by atoms with E-state index in [1.807, 2.05) is 0 Å². The number of rotatable bonds is 6. The van der Waals surface area contributed by atoms with E-state index in [2.05, 4.69) is 0 Å². The van der Waals surface area contributed by atoms with Crippen LogP contribution in [-0.2, 0) is 21.4 Å². The van der Waals surface area contributed by atoms with Crippen LogP contribution in [0.2, 0.25) is 0 Å². The van der Waals surface area contributed by atoms with Gasteiger partial charge in [0.1, 0.15) is 6.61 Å². The molecule has 27 heavy (non-hydrogen) atoms. The van der Waals surface area contributed by atoms with E-state index >= 15 is 0 Å². The van der Waals surface area contributed by atoms with Gasteiger partial charge in [0.2, 0.25) is 15.9 Å².